The van der Waals surface area contributed by atoms with Gasteiger partial charge in [-0.15, -0.1) is 0 Å². The third-order valence-corrected chi connectivity index (χ3v) is 4.61. The highest BCUT2D eigenvalue weighted by molar-refractivity contribution is 5.80. The van der Waals surface area contributed by atoms with Crippen LogP contribution in [0.4, 0.5) is 5.82 Å². The lowest BCUT2D eigenvalue weighted by Gasteiger charge is -2.33. The molecule has 0 saturated carbocycles. The number of aromatic nitrogens is 1. The van der Waals surface area contributed by atoms with Crippen molar-refractivity contribution >= 4 is 11.8 Å². The van der Waals surface area contributed by atoms with Crippen molar-refractivity contribution in [1.29, 1.82) is 0 Å². The van der Waals surface area contributed by atoms with Crippen molar-refractivity contribution in [2.45, 2.75) is 58.9 Å². The molecule has 0 aliphatic carbocycles. The van der Waals surface area contributed by atoms with Gasteiger partial charge in [-0.25, -0.2) is 4.98 Å². The molecule has 1 aliphatic rings. The van der Waals surface area contributed by atoms with Crippen LogP contribution in [0, 0.1) is 5.92 Å². The molecule has 5 heteroatoms. The molecule has 2 N–H and O–H groups in total. The maximum absolute atomic E-state index is 4.75. The first-order valence-corrected chi connectivity index (χ1v) is 9.90. The second-order valence-electron chi connectivity index (χ2n) is 7.24. The Balaban J connectivity index is 1.74. The van der Waals surface area contributed by atoms with Crippen molar-refractivity contribution in [1.82, 2.24) is 15.6 Å². The van der Waals surface area contributed by atoms with E-state index in [1.54, 1.807) is 0 Å². The highest BCUT2D eigenvalue weighted by Crippen LogP contribution is 2.17. The SMILES string of the molecule is CCNC(=NCCCCC(C)C)NC1CCN(c2ccccn2)CC1. The van der Waals surface area contributed by atoms with E-state index in [2.05, 4.69) is 53.4 Å². The van der Waals surface area contributed by atoms with Crippen LogP contribution in [0.25, 0.3) is 0 Å². The third kappa shape index (κ3) is 7.32. The summed E-state index contributed by atoms with van der Waals surface area (Å²) in [6.45, 7) is 10.6. The number of nitrogens with zero attached hydrogens (tertiary/aromatic N) is 3. The van der Waals surface area contributed by atoms with E-state index in [9.17, 15) is 0 Å². The number of unbranched alkanes of at least 4 members (excludes halogenated alkanes) is 1. The largest absolute Gasteiger partial charge is 0.357 e. The van der Waals surface area contributed by atoms with Gasteiger partial charge >= 0.3 is 0 Å². The Morgan fingerprint density at radius 2 is 2.08 bits per heavy atom. The Bertz CT molecular complexity index is 492. The third-order valence-electron chi connectivity index (χ3n) is 4.61. The standard InChI is InChI=1S/C20H35N5/c1-4-21-20(23-14-7-5-9-17(2)3)24-18-11-15-25(16-12-18)19-10-6-8-13-22-19/h6,8,10,13,17-18H,4-5,7,9,11-12,14-16H2,1-3H3,(H2,21,23,24). The first-order chi connectivity index (χ1) is 12.2. The van der Waals surface area contributed by atoms with Crippen molar-refractivity contribution in [2.75, 3.05) is 31.1 Å². The van der Waals surface area contributed by atoms with Gasteiger partial charge in [-0.1, -0.05) is 32.8 Å². The summed E-state index contributed by atoms with van der Waals surface area (Å²) in [4.78, 5) is 11.6. The van der Waals surface area contributed by atoms with E-state index in [0.29, 0.717) is 6.04 Å². The summed E-state index contributed by atoms with van der Waals surface area (Å²) in [6, 6.07) is 6.62. The molecule has 0 bridgehead atoms. The summed E-state index contributed by atoms with van der Waals surface area (Å²) >= 11 is 0. The lowest BCUT2D eigenvalue weighted by molar-refractivity contribution is 0.459. The number of anilines is 1. The summed E-state index contributed by atoms with van der Waals surface area (Å²) in [6.07, 6.45) is 7.85. The van der Waals surface area contributed by atoms with Gasteiger partial charge < -0.3 is 15.5 Å². The Morgan fingerprint density at radius 1 is 1.28 bits per heavy atom. The van der Waals surface area contributed by atoms with Gasteiger partial charge in [0.15, 0.2) is 5.96 Å². The molecule has 1 saturated heterocycles. The number of hydrogen-bond donors (Lipinski definition) is 2. The molecule has 0 radical (unpaired) electrons. The Morgan fingerprint density at radius 3 is 2.72 bits per heavy atom. The minimum Gasteiger partial charge on any atom is -0.357 e. The van der Waals surface area contributed by atoms with E-state index in [4.69, 9.17) is 4.99 Å². The minimum atomic E-state index is 0.494. The van der Waals surface area contributed by atoms with Crippen LogP contribution < -0.4 is 15.5 Å². The van der Waals surface area contributed by atoms with E-state index in [1.165, 1.54) is 19.3 Å². The van der Waals surface area contributed by atoms with Crippen LogP contribution in [-0.2, 0) is 0 Å². The fourth-order valence-electron chi connectivity index (χ4n) is 3.16. The molecular formula is C20H35N5. The van der Waals surface area contributed by atoms with Crippen LogP contribution in [-0.4, -0.2) is 43.2 Å². The first-order valence-electron chi connectivity index (χ1n) is 9.90. The first kappa shape index (κ1) is 19.5. The molecule has 2 heterocycles. The van der Waals surface area contributed by atoms with Gasteiger partial charge in [0, 0.05) is 38.4 Å². The summed E-state index contributed by atoms with van der Waals surface area (Å²) in [5.74, 6) is 2.86. The molecule has 140 valence electrons. The van der Waals surface area contributed by atoms with Crippen LogP contribution in [0.3, 0.4) is 0 Å². The van der Waals surface area contributed by atoms with Crippen molar-refractivity contribution in [3.8, 4) is 0 Å². The average Bonchev–Trinajstić information content (AvgIpc) is 2.62. The summed E-state index contributed by atoms with van der Waals surface area (Å²) in [5, 5.41) is 7.01. The normalized spacial score (nSPS) is 16.3. The number of rotatable bonds is 8. The molecule has 5 nitrogen and oxygen atoms in total. The van der Waals surface area contributed by atoms with Crippen LogP contribution in [0.1, 0.15) is 52.9 Å². The molecule has 0 aromatic carbocycles. The molecule has 0 spiro atoms. The molecule has 1 aliphatic heterocycles. The average molecular weight is 346 g/mol. The molecule has 1 fully saturated rings. The lowest BCUT2D eigenvalue weighted by Crippen LogP contribution is -2.49. The fraction of sp³-hybridized carbons (Fsp3) is 0.700. The molecular weight excluding hydrogens is 310 g/mol. The van der Waals surface area contributed by atoms with Gasteiger partial charge in [0.2, 0.25) is 0 Å². The van der Waals surface area contributed by atoms with E-state index in [-0.39, 0.29) is 0 Å². The highest BCUT2D eigenvalue weighted by atomic mass is 15.2. The molecule has 1 aromatic rings. The van der Waals surface area contributed by atoms with Crippen molar-refractivity contribution in [3.63, 3.8) is 0 Å². The van der Waals surface area contributed by atoms with E-state index in [0.717, 1.165) is 56.7 Å². The van der Waals surface area contributed by atoms with E-state index in [1.807, 2.05) is 12.3 Å². The van der Waals surface area contributed by atoms with Crippen molar-refractivity contribution < 1.29 is 0 Å². The maximum atomic E-state index is 4.75. The van der Waals surface area contributed by atoms with Gasteiger partial charge in [0.1, 0.15) is 5.82 Å². The predicted molar refractivity (Wildman–Crippen MR) is 107 cm³/mol. The summed E-state index contributed by atoms with van der Waals surface area (Å²) in [7, 11) is 0. The second kappa shape index (κ2) is 11.0. The van der Waals surface area contributed by atoms with E-state index >= 15 is 0 Å². The van der Waals surface area contributed by atoms with Gasteiger partial charge in [-0.2, -0.15) is 0 Å². The predicted octanol–water partition coefficient (Wildman–Crippen LogP) is 3.43. The molecule has 2 rings (SSSR count). The van der Waals surface area contributed by atoms with Gasteiger partial charge in [-0.3, -0.25) is 4.99 Å². The Labute approximate surface area is 153 Å². The maximum Gasteiger partial charge on any atom is 0.191 e. The van der Waals surface area contributed by atoms with Gasteiger partial charge in [0.05, 0.1) is 0 Å². The lowest BCUT2D eigenvalue weighted by atomic mass is 10.1. The Kier molecular flexibility index (Phi) is 8.56. The fourth-order valence-corrected chi connectivity index (χ4v) is 3.16. The monoisotopic (exact) mass is 345 g/mol. The number of hydrogen-bond acceptors (Lipinski definition) is 3. The minimum absolute atomic E-state index is 0.494. The van der Waals surface area contributed by atoms with Gasteiger partial charge in [0.25, 0.3) is 0 Å². The zero-order valence-corrected chi connectivity index (χ0v) is 16.2. The quantitative estimate of drug-likeness (QED) is 0.430. The summed E-state index contributed by atoms with van der Waals surface area (Å²) < 4.78 is 0. The second-order valence-corrected chi connectivity index (χ2v) is 7.24. The Hall–Kier alpha value is -1.78. The molecule has 0 unspecified atom stereocenters. The number of nitrogens with one attached hydrogen (secondary N) is 2. The number of aliphatic imine (C=N–C) groups is 1. The molecule has 0 amide bonds. The highest BCUT2D eigenvalue weighted by Gasteiger charge is 2.20. The van der Waals surface area contributed by atoms with Crippen LogP contribution in [0.5, 0.6) is 0 Å². The van der Waals surface area contributed by atoms with Crippen molar-refractivity contribution in [2.24, 2.45) is 10.9 Å². The topological polar surface area (TPSA) is 52.6 Å². The number of piperidine rings is 1. The van der Waals surface area contributed by atoms with Crippen LogP contribution in [0.2, 0.25) is 0 Å². The van der Waals surface area contributed by atoms with Crippen molar-refractivity contribution in [3.05, 3.63) is 24.4 Å². The van der Waals surface area contributed by atoms with Gasteiger partial charge in [-0.05, 0) is 44.2 Å². The summed E-state index contributed by atoms with van der Waals surface area (Å²) in [5.41, 5.74) is 0. The van der Waals surface area contributed by atoms with Crippen LogP contribution >= 0.6 is 0 Å². The zero-order chi connectivity index (χ0) is 17.9. The van der Waals surface area contributed by atoms with E-state index < -0.39 is 0 Å². The molecule has 1 aromatic heterocycles. The zero-order valence-electron chi connectivity index (χ0n) is 16.2. The molecule has 0 atom stereocenters. The number of guanidine groups is 1. The van der Waals surface area contributed by atoms with Crippen LogP contribution in [0.15, 0.2) is 29.4 Å². The smallest absolute Gasteiger partial charge is 0.191 e. The number of pyridine rings is 1. The molecule has 25 heavy (non-hydrogen) atoms.